The third kappa shape index (κ3) is 3.57. The molecular formula is C16H15N3O2. The summed E-state index contributed by atoms with van der Waals surface area (Å²) in [5.41, 5.74) is 3.23. The van der Waals surface area contributed by atoms with Gasteiger partial charge in [-0.25, -0.2) is 0 Å². The van der Waals surface area contributed by atoms with Crippen LogP contribution in [0.4, 0.5) is 11.4 Å². The first-order valence-corrected chi connectivity index (χ1v) is 6.52. The molecule has 0 bridgehead atoms. The average molecular weight is 281 g/mol. The molecule has 0 aliphatic carbocycles. The molecule has 0 heterocycles. The second kappa shape index (κ2) is 6.06. The number of nitro groups is 1. The molecule has 0 spiro atoms. The number of anilines is 1. The van der Waals surface area contributed by atoms with Gasteiger partial charge in [0, 0.05) is 23.9 Å². The minimum atomic E-state index is -0.398. The van der Waals surface area contributed by atoms with Crippen molar-refractivity contribution in [3.8, 4) is 6.07 Å². The summed E-state index contributed by atoms with van der Waals surface area (Å²) in [6.45, 7) is 3.79. The van der Waals surface area contributed by atoms with E-state index in [0.29, 0.717) is 11.3 Å². The maximum atomic E-state index is 10.9. The Balaban J connectivity index is 2.20. The molecule has 0 aromatic heterocycles. The molecule has 0 amide bonds. The van der Waals surface area contributed by atoms with Crippen molar-refractivity contribution in [3.63, 3.8) is 0 Å². The van der Waals surface area contributed by atoms with Crippen molar-refractivity contribution in [3.05, 3.63) is 69.3 Å². The van der Waals surface area contributed by atoms with Gasteiger partial charge in [0.2, 0.25) is 0 Å². The smallest absolute Gasteiger partial charge is 0.271 e. The number of benzene rings is 2. The van der Waals surface area contributed by atoms with Gasteiger partial charge in [-0.3, -0.25) is 10.1 Å². The molecule has 0 aliphatic heterocycles. The molecule has 1 atom stereocenters. The number of nitrogens with zero attached hydrogens (tertiary/aromatic N) is 2. The Labute approximate surface area is 123 Å². The summed E-state index contributed by atoms with van der Waals surface area (Å²) in [4.78, 5) is 10.5. The van der Waals surface area contributed by atoms with E-state index in [2.05, 4.69) is 11.4 Å². The number of nitriles is 1. The van der Waals surface area contributed by atoms with Gasteiger partial charge in [-0.05, 0) is 43.2 Å². The van der Waals surface area contributed by atoms with Crippen LogP contribution in [0.3, 0.4) is 0 Å². The molecule has 2 aromatic rings. The van der Waals surface area contributed by atoms with E-state index in [9.17, 15) is 10.1 Å². The van der Waals surface area contributed by atoms with E-state index in [0.717, 1.165) is 11.1 Å². The summed E-state index contributed by atoms with van der Waals surface area (Å²) in [6.07, 6.45) is 0. The van der Waals surface area contributed by atoms with Crippen molar-refractivity contribution < 1.29 is 4.92 Å². The van der Waals surface area contributed by atoms with Crippen LogP contribution in [0.1, 0.15) is 29.7 Å². The number of rotatable bonds is 4. The fraction of sp³-hybridized carbons (Fsp3) is 0.188. The second-order valence-electron chi connectivity index (χ2n) is 4.91. The summed E-state index contributed by atoms with van der Waals surface area (Å²) in [5.74, 6) is 0. The first-order chi connectivity index (χ1) is 9.99. The summed E-state index contributed by atoms with van der Waals surface area (Å²) in [7, 11) is 0. The molecule has 0 radical (unpaired) electrons. The van der Waals surface area contributed by atoms with Crippen LogP contribution < -0.4 is 5.32 Å². The molecule has 0 saturated heterocycles. The van der Waals surface area contributed by atoms with Crippen LogP contribution in [0.15, 0.2) is 42.5 Å². The van der Waals surface area contributed by atoms with Crippen molar-refractivity contribution in [1.29, 1.82) is 5.26 Å². The summed E-state index contributed by atoms with van der Waals surface area (Å²) in [6, 6.07) is 14.3. The highest BCUT2D eigenvalue weighted by molar-refractivity contribution is 5.55. The van der Waals surface area contributed by atoms with E-state index in [1.807, 2.05) is 32.0 Å². The first kappa shape index (κ1) is 14.5. The quantitative estimate of drug-likeness (QED) is 0.679. The second-order valence-corrected chi connectivity index (χ2v) is 4.91. The molecule has 1 N–H and O–H groups in total. The van der Waals surface area contributed by atoms with Crippen molar-refractivity contribution in [2.24, 2.45) is 0 Å². The zero-order chi connectivity index (χ0) is 15.4. The number of nitrogens with one attached hydrogen (secondary N) is 1. The molecule has 21 heavy (non-hydrogen) atoms. The maximum Gasteiger partial charge on any atom is 0.271 e. The highest BCUT2D eigenvalue weighted by atomic mass is 16.6. The standard InChI is InChI=1S/C16H15N3O2/c1-11-7-15(9-16(8-11)19(20)21)18-12(2)14-5-3-13(10-17)4-6-14/h3-9,12,18H,1-2H3. The Kier molecular flexibility index (Phi) is 4.19. The molecule has 0 aliphatic rings. The summed E-state index contributed by atoms with van der Waals surface area (Å²) in [5, 5.41) is 22.9. The minimum absolute atomic E-state index is 0.0147. The van der Waals surface area contributed by atoms with Gasteiger partial charge in [-0.2, -0.15) is 5.26 Å². The predicted molar refractivity (Wildman–Crippen MR) is 81.0 cm³/mol. The third-order valence-corrected chi connectivity index (χ3v) is 3.20. The molecule has 5 nitrogen and oxygen atoms in total. The van der Waals surface area contributed by atoms with Crippen LogP contribution in [0.25, 0.3) is 0 Å². The van der Waals surface area contributed by atoms with Gasteiger partial charge in [0.05, 0.1) is 16.6 Å². The largest absolute Gasteiger partial charge is 0.378 e. The van der Waals surface area contributed by atoms with Crippen LogP contribution in [0.2, 0.25) is 0 Å². The van der Waals surface area contributed by atoms with E-state index in [4.69, 9.17) is 5.26 Å². The van der Waals surface area contributed by atoms with Crippen LogP contribution in [0.5, 0.6) is 0 Å². The topological polar surface area (TPSA) is 79.0 Å². The Morgan fingerprint density at radius 3 is 2.48 bits per heavy atom. The lowest BCUT2D eigenvalue weighted by Crippen LogP contribution is -2.07. The van der Waals surface area contributed by atoms with Crippen molar-refractivity contribution in [2.45, 2.75) is 19.9 Å². The molecule has 106 valence electrons. The SMILES string of the molecule is Cc1cc(NC(C)c2ccc(C#N)cc2)cc([N+](=O)[O-])c1. The normalized spacial score (nSPS) is 11.5. The fourth-order valence-electron chi connectivity index (χ4n) is 2.13. The van der Waals surface area contributed by atoms with Crippen molar-refractivity contribution >= 4 is 11.4 Å². The Hall–Kier alpha value is -2.87. The predicted octanol–water partition coefficient (Wildman–Crippen LogP) is 3.95. The number of aryl methyl sites for hydroxylation is 1. The molecule has 1 unspecified atom stereocenters. The van der Waals surface area contributed by atoms with Gasteiger partial charge in [-0.15, -0.1) is 0 Å². The zero-order valence-corrected chi connectivity index (χ0v) is 11.8. The number of nitro benzene ring substituents is 1. The summed E-state index contributed by atoms with van der Waals surface area (Å²) >= 11 is 0. The van der Waals surface area contributed by atoms with E-state index in [1.165, 1.54) is 12.1 Å². The number of hydrogen-bond donors (Lipinski definition) is 1. The van der Waals surface area contributed by atoms with E-state index in [1.54, 1.807) is 12.1 Å². The first-order valence-electron chi connectivity index (χ1n) is 6.52. The molecular weight excluding hydrogens is 266 g/mol. The van der Waals surface area contributed by atoms with Crippen LogP contribution in [-0.4, -0.2) is 4.92 Å². The molecule has 5 heteroatoms. The lowest BCUT2D eigenvalue weighted by molar-refractivity contribution is -0.384. The highest BCUT2D eigenvalue weighted by Crippen LogP contribution is 2.24. The van der Waals surface area contributed by atoms with Crippen LogP contribution in [0, 0.1) is 28.4 Å². The van der Waals surface area contributed by atoms with Gasteiger partial charge in [0.1, 0.15) is 0 Å². The number of non-ortho nitro benzene ring substituents is 1. The van der Waals surface area contributed by atoms with Crippen LogP contribution in [-0.2, 0) is 0 Å². The van der Waals surface area contributed by atoms with E-state index in [-0.39, 0.29) is 11.7 Å². The van der Waals surface area contributed by atoms with Gasteiger partial charge in [-0.1, -0.05) is 12.1 Å². The molecule has 0 fully saturated rings. The molecule has 2 rings (SSSR count). The highest BCUT2D eigenvalue weighted by Gasteiger charge is 2.11. The number of hydrogen-bond acceptors (Lipinski definition) is 4. The van der Waals surface area contributed by atoms with Gasteiger partial charge < -0.3 is 5.32 Å². The van der Waals surface area contributed by atoms with Crippen LogP contribution >= 0.6 is 0 Å². The Bertz CT molecular complexity index is 702. The molecule has 2 aromatic carbocycles. The Morgan fingerprint density at radius 1 is 1.24 bits per heavy atom. The monoisotopic (exact) mass is 281 g/mol. The lowest BCUT2D eigenvalue weighted by atomic mass is 10.1. The lowest BCUT2D eigenvalue weighted by Gasteiger charge is -2.16. The fourth-order valence-corrected chi connectivity index (χ4v) is 2.13. The Morgan fingerprint density at radius 2 is 1.90 bits per heavy atom. The average Bonchev–Trinajstić information content (AvgIpc) is 2.46. The minimum Gasteiger partial charge on any atom is -0.378 e. The zero-order valence-electron chi connectivity index (χ0n) is 11.8. The van der Waals surface area contributed by atoms with Crippen molar-refractivity contribution in [1.82, 2.24) is 0 Å². The van der Waals surface area contributed by atoms with Gasteiger partial charge >= 0.3 is 0 Å². The van der Waals surface area contributed by atoms with Gasteiger partial charge in [0.15, 0.2) is 0 Å². The van der Waals surface area contributed by atoms with Crippen molar-refractivity contribution in [2.75, 3.05) is 5.32 Å². The van der Waals surface area contributed by atoms with E-state index >= 15 is 0 Å². The third-order valence-electron chi connectivity index (χ3n) is 3.20. The van der Waals surface area contributed by atoms with E-state index < -0.39 is 4.92 Å². The van der Waals surface area contributed by atoms with Gasteiger partial charge in [0.25, 0.3) is 5.69 Å². The maximum absolute atomic E-state index is 10.9. The molecule has 0 saturated carbocycles. The summed E-state index contributed by atoms with van der Waals surface area (Å²) < 4.78 is 0.